The number of alkyl halides is 6. The van der Waals surface area contributed by atoms with Gasteiger partial charge < -0.3 is 16.8 Å². The van der Waals surface area contributed by atoms with Crippen LogP contribution in [0, 0.1) is 30.4 Å². The molecule has 2 aliphatic carbocycles. The van der Waals surface area contributed by atoms with Crippen LogP contribution < -0.4 is 16.8 Å². The molecule has 0 saturated heterocycles. The van der Waals surface area contributed by atoms with Gasteiger partial charge in [0.2, 0.25) is 5.91 Å². The van der Waals surface area contributed by atoms with Crippen LogP contribution in [0.5, 0.6) is 0 Å². The molecule has 50 heavy (non-hydrogen) atoms. The summed E-state index contributed by atoms with van der Waals surface area (Å²) in [6, 6.07) is 7.60. The minimum absolute atomic E-state index is 0.0468. The number of hydrogen-bond acceptors (Lipinski definition) is 6. The monoisotopic (exact) mass is 725 g/mol. The summed E-state index contributed by atoms with van der Waals surface area (Å²) in [6.07, 6.45) is -6.39. The zero-order valence-electron chi connectivity index (χ0n) is 26.0. The van der Waals surface area contributed by atoms with Gasteiger partial charge in [-0.05, 0) is 55.5 Å². The minimum Gasteiger partial charge on any atom is -0.397 e. The van der Waals surface area contributed by atoms with Gasteiger partial charge in [-0.1, -0.05) is 23.7 Å². The average molecular weight is 726 g/mol. The summed E-state index contributed by atoms with van der Waals surface area (Å²) in [4.78, 5) is 21.8. The molecule has 264 valence electrons. The fraction of sp³-hybridized carbons (Fsp3) is 0.333. The Morgan fingerprint density at radius 1 is 1.10 bits per heavy atom. The lowest BCUT2D eigenvalue weighted by Crippen LogP contribution is -2.35. The molecular weight excluding hydrogens is 698 g/mol. The minimum atomic E-state index is -3.59. The molecule has 0 spiro atoms. The van der Waals surface area contributed by atoms with Gasteiger partial charge in [-0.25, -0.2) is 26.3 Å². The smallest absolute Gasteiger partial charge is 0.292 e. The Kier molecular flexibility index (Phi) is 9.26. The van der Waals surface area contributed by atoms with Crippen molar-refractivity contribution < 1.29 is 39.9 Å². The number of rotatable bonds is 10. The summed E-state index contributed by atoms with van der Waals surface area (Å²) in [7, 11) is 0. The van der Waals surface area contributed by atoms with Crippen LogP contribution in [-0.2, 0) is 17.8 Å². The first-order chi connectivity index (χ1) is 23.6. The number of anilines is 1. The predicted octanol–water partition coefficient (Wildman–Crippen LogP) is 6.79. The summed E-state index contributed by atoms with van der Waals surface area (Å²) in [5, 5.41) is 6.94. The zero-order chi connectivity index (χ0) is 36.2. The molecule has 2 heterocycles. The number of carbonyl (C=O) groups excluding carboxylic acids is 1. The maximum Gasteiger partial charge on any atom is 0.292 e. The third-order valence-corrected chi connectivity index (χ3v) is 9.00. The fourth-order valence-corrected chi connectivity index (χ4v) is 6.78. The first-order valence-corrected chi connectivity index (χ1v) is 15.6. The van der Waals surface area contributed by atoms with Crippen molar-refractivity contribution >= 4 is 39.9 Å². The number of benzene rings is 2. The summed E-state index contributed by atoms with van der Waals surface area (Å²) in [6.45, 7) is -0.175. The van der Waals surface area contributed by atoms with Crippen molar-refractivity contribution in [2.45, 2.75) is 51.1 Å². The van der Waals surface area contributed by atoms with E-state index < -0.39 is 84.3 Å². The van der Waals surface area contributed by atoms with E-state index in [1.54, 1.807) is 19.1 Å². The Bertz CT molecular complexity index is 2040. The number of nitrogens with one attached hydrogen (secondary N) is 1. The van der Waals surface area contributed by atoms with E-state index >= 15 is 8.78 Å². The highest BCUT2D eigenvalue weighted by atomic mass is 35.5. The first kappa shape index (κ1) is 35.1. The molecule has 0 unspecified atom stereocenters. The Morgan fingerprint density at radius 3 is 2.44 bits per heavy atom. The number of carbonyl (C=O) groups is 1. The Hall–Kier alpha value is -4.73. The lowest BCUT2D eigenvalue weighted by molar-refractivity contribution is -0.120. The molecule has 0 bridgehead atoms. The van der Waals surface area contributed by atoms with Gasteiger partial charge in [0, 0.05) is 34.4 Å². The molecule has 2 aromatic heterocycles. The van der Waals surface area contributed by atoms with Gasteiger partial charge in [-0.2, -0.15) is 13.9 Å². The number of halogens is 9. The number of hydrogen-bond donors (Lipinski definition) is 3. The second-order valence-corrected chi connectivity index (χ2v) is 12.6. The van der Waals surface area contributed by atoms with Gasteiger partial charge in [0.25, 0.3) is 18.8 Å². The number of pyridine rings is 1. The van der Waals surface area contributed by atoms with Crippen LogP contribution in [-0.4, -0.2) is 51.7 Å². The highest BCUT2D eigenvalue weighted by Crippen LogP contribution is 2.62. The molecule has 8 nitrogen and oxygen atoms in total. The fourth-order valence-electron chi connectivity index (χ4n) is 6.53. The number of amides is 1. The summed E-state index contributed by atoms with van der Waals surface area (Å²) in [5.41, 5.74) is 10.3. The molecular formula is C33H28ClF8N7O. The second kappa shape index (κ2) is 13.2. The molecule has 2 fully saturated rings. The number of aliphatic imine (C=N–C) groups is 1. The van der Waals surface area contributed by atoms with Crippen LogP contribution >= 0.6 is 11.6 Å². The van der Waals surface area contributed by atoms with E-state index in [1.165, 1.54) is 12.1 Å². The number of nitrogens with zero attached hydrogens (tertiary/aromatic N) is 4. The normalized spacial score (nSPS) is 20.5. The van der Waals surface area contributed by atoms with E-state index in [2.05, 4.69) is 20.4 Å². The number of allylic oxidation sites excluding steroid dienone is 2. The number of nitrogen functional groups attached to an aromatic ring is 1. The molecule has 0 aliphatic heterocycles. The standard InChI is InChI=1S/C33H28ClF8N7O/c1-13-2-3-17(18-4-5-21(34)26-29(18)49(12-23(37)38)48-32(26)44)28(46-13)22(8-14-6-15(35)9-16(36)7-14)47-24(50)11-45-30-25(27(43)31(39)40)19-10-20(19)33(30,41)42/h2-7,9,19-20,22-23,31H,8,10-12,43H2,1H3,(H2,44,48)(H,47,50)/t19-,20+,22-/m0/s1. The van der Waals surface area contributed by atoms with E-state index in [-0.39, 0.29) is 57.0 Å². The first-order valence-electron chi connectivity index (χ1n) is 15.2. The van der Waals surface area contributed by atoms with Crippen molar-refractivity contribution in [1.82, 2.24) is 20.1 Å². The van der Waals surface area contributed by atoms with Gasteiger partial charge >= 0.3 is 0 Å². The lowest BCUT2D eigenvalue weighted by Gasteiger charge is -2.23. The second-order valence-electron chi connectivity index (χ2n) is 12.2. The largest absolute Gasteiger partial charge is 0.397 e. The van der Waals surface area contributed by atoms with Gasteiger partial charge in [0.15, 0.2) is 5.82 Å². The van der Waals surface area contributed by atoms with E-state index in [4.69, 9.17) is 23.1 Å². The SMILES string of the molecule is Cc1ccc(-c2ccc(Cl)c3c(N)nn(CC(F)F)c23)c([C@H](Cc2cc(F)cc(F)c2)NC(=O)CN=C2C(=C(N)C(F)F)[C@H]3C[C@H]3C2(F)F)n1. The van der Waals surface area contributed by atoms with Gasteiger partial charge in [0.05, 0.1) is 33.4 Å². The van der Waals surface area contributed by atoms with E-state index in [0.29, 0.717) is 11.8 Å². The van der Waals surface area contributed by atoms with Crippen molar-refractivity contribution in [3.8, 4) is 11.1 Å². The summed E-state index contributed by atoms with van der Waals surface area (Å²) in [5.74, 6) is -8.68. The third-order valence-electron chi connectivity index (χ3n) is 8.69. The molecule has 4 aromatic rings. The molecule has 2 aliphatic rings. The number of fused-ring (bicyclic) bond motifs is 2. The van der Waals surface area contributed by atoms with Gasteiger partial charge in [-0.15, -0.1) is 0 Å². The summed E-state index contributed by atoms with van der Waals surface area (Å²) < 4.78 is 114. The molecule has 2 aromatic carbocycles. The summed E-state index contributed by atoms with van der Waals surface area (Å²) >= 11 is 6.39. The molecule has 17 heteroatoms. The number of nitrogens with two attached hydrogens (primary N) is 2. The van der Waals surface area contributed by atoms with E-state index in [9.17, 15) is 31.1 Å². The topological polar surface area (TPSA) is 124 Å². The van der Waals surface area contributed by atoms with Crippen molar-refractivity contribution in [1.29, 1.82) is 0 Å². The van der Waals surface area contributed by atoms with Crippen LogP contribution in [0.15, 0.2) is 58.7 Å². The molecule has 2 saturated carbocycles. The third kappa shape index (κ3) is 6.60. The van der Waals surface area contributed by atoms with Crippen LogP contribution in [0.25, 0.3) is 22.0 Å². The van der Waals surface area contributed by atoms with Crippen LogP contribution in [0.1, 0.15) is 29.4 Å². The lowest BCUT2D eigenvalue weighted by atomic mass is 9.93. The molecule has 3 atom stereocenters. The quantitative estimate of drug-likeness (QED) is 0.156. The van der Waals surface area contributed by atoms with Crippen molar-refractivity contribution in [2.75, 3.05) is 12.3 Å². The van der Waals surface area contributed by atoms with Crippen molar-refractivity contribution in [3.05, 3.63) is 87.3 Å². The maximum atomic E-state index is 15.1. The van der Waals surface area contributed by atoms with E-state index in [0.717, 1.165) is 16.8 Å². The van der Waals surface area contributed by atoms with Crippen LogP contribution in [0.3, 0.4) is 0 Å². The Labute approximate surface area is 284 Å². The molecule has 6 rings (SSSR count). The van der Waals surface area contributed by atoms with E-state index in [1.807, 2.05) is 0 Å². The Balaban J connectivity index is 1.44. The van der Waals surface area contributed by atoms with Crippen molar-refractivity contribution in [3.63, 3.8) is 0 Å². The predicted molar refractivity (Wildman–Crippen MR) is 170 cm³/mol. The zero-order valence-corrected chi connectivity index (χ0v) is 26.8. The van der Waals surface area contributed by atoms with Crippen molar-refractivity contribution in [2.24, 2.45) is 22.6 Å². The average Bonchev–Trinajstić information content (AvgIpc) is 3.71. The van der Waals surface area contributed by atoms with Crippen LogP contribution in [0.2, 0.25) is 5.02 Å². The van der Waals surface area contributed by atoms with Gasteiger partial charge in [-0.3, -0.25) is 19.5 Å². The number of aromatic nitrogens is 3. The van der Waals surface area contributed by atoms with Gasteiger partial charge in [0.1, 0.15) is 30.4 Å². The molecule has 5 N–H and O–H groups in total. The molecule has 1 amide bonds. The maximum absolute atomic E-state index is 15.1. The molecule has 0 radical (unpaired) electrons. The highest BCUT2D eigenvalue weighted by Gasteiger charge is 2.67. The number of aryl methyl sites for hydroxylation is 1. The highest BCUT2D eigenvalue weighted by molar-refractivity contribution is 6.37. The van der Waals surface area contributed by atoms with Crippen LogP contribution in [0.4, 0.5) is 40.9 Å². The Morgan fingerprint density at radius 2 is 1.78 bits per heavy atom.